The Labute approximate surface area is 257 Å². The summed E-state index contributed by atoms with van der Waals surface area (Å²) in [5.74, 6) is -0.493. The number of unbranched alkanes of at least 4 members (excludes halogenated alkanes) is 6. The van der Waals surface area contributed by atoms with Crippen molar-refractivity contribution >= 4 is 42.7 Å². The summed E-state index contributed by atoms with van der Waals surface area (Å²) in [4.78, 5) is 14.2. The van der Waals surface area contributed by atoms with E-state index in [0.717, 1.165) is 5.56 Å². The first kappa shape index (κ1) is 38.3. The maximum absolute atomic E-state index is 14.2. The molecule has 0 saturated carbocycles. The Morgan fingerprint density at radius 1 is 0.650 bits per heavy atom. The number of aliphatic hydroxyl groups is 1. The van der Waals surface area contributed by atoms with Gasteiger partial charge in [0.15, 0.2) is 0 Å². The molecular weight excluding hydrogens is 706 g/mol. The molecule has 1 aromatic rings. The van der Waals surface area contributed by atoms with Crippen molar-refractivity contribution in [1.82, 2.24) is 0 Å². The van der Waals surface area contributed by atoms with Gasteiger partial charge >= 0.3 is 260 Å². The van der Waals surface area contributed by atoms with Crippen LogP contribution in [-0.2, 0) is 9.53 Å². The zero-order chi connectivity index (χ0) is 29.9. The standard InChI is InChI=1S/C11H12O3.6C4H9.2Sn/c1-8(11(13)14-2)10(12)9-6-4-3-5-7-9;6*1-3-4-2;;/h1,3-8,10,12H,2H3;6*1,3-4H2,2H3;;/t8-,10-;;;;;;;;/m1......../s1. The van der Waals surface area contributed by atoms with Crippen LogP contribution >= 0.6 is 0 Å². The van der Waals surface area contributed by atoms with Gasteiger partial charge in [-0.05, 0) is 0 Å². The van der Waals surface area contributed by atoms with E-state index in [1.165, 1.54) is 104 Å². The number of carbonyl (C=O) groups excluding carboxylic acids is 1. The maximum atomic E-state index is 14.2. The molecule has 5 heteroatoms. The number of hydrogen-bond donors (Lipinski definition) is 1. The number of benzene rings is 1. The Balaban J connectivity index is 4.15. The second kappa shape index (κ2) is 21.9. The van der Waals surface area contributed by atoms with Crippen LogP contribution in [0.3, 0.4) is 0 Å². The van der Waals surface area contributed by atoms with Gasteiger partial charge in [-0.1, -0.05) is 0 Å². The molecule has 0 aliphatic heterocycles. The Hall–Kier alpha value is 0.247. The number of aliphatic hydroxyl groups excluding tert-OH is 1. The molecule has 0 aromatic heterocycles. The molecule has 2 atom stereocenters. The topological polar surface area (TPSA) is 46.5 Å². The zero-order valence-electron chi connectivity index (χ0n) is 27.6. The van der Waals surface area contributed by atoms with Gasteiger partial charge in [0.05, 0.1) is 0 Å². The zero-order valence-corrected chi connectivity index (χ0v) is 33.3. The van der Waals surface area contributed by atoms with Crippen molar-refractivity contribution < 1.29 is 14.6 Å². The van der Waals surface area contributed by atoms with E-state index in [9.17, 15) is 9.90 Å². The van der Waals surface area contributed by atoms with Crippen LogP contribution in [0.25, 0.3) is 0 Å². The van der Waals surface area contributed by atoms with E-state index >= 15 is 0 Å². The number of esters is 1. The first-order chi connectivity index (χ1) is 19.4. The monoisotopic (exact) mass is 774 g/mol. The summed E-state index contributed by atoms with van der Waals surface area (Å²) in [6.45, 7) is 14.1. The fourth-order valence-electron chi connectivity index (χ4n) is 7.71. The van der Waals surface area contributed by atoms with E-state index < -0.39 is 42.9 Å². The van der Waals surface area contributed by atoms with Crippen LogP contribution in [0, 0.1) is 5.92 Å². The summed E-state index contributed by atoms with van der Waals surface area (Å²) in [6.07, 6.45) is 14.4. The third-order valence-electron chi connectivity index (χ3n) is 9.80. The average Bonchev–Trinajstić information content (AvgIpc) is 2.99. The second-order valence-corrected chi connectivity index (χ2v) is 45.1. The van der Waals surface area contributed by atoms with Crippen molar-refractivity contribution in [3.8, 4) is 0 Å². The van der Waals surface area contributed by atoms with Gasteiger partial charge in [-0.3, -0.25) is 0 Å². The molecule has 3 nitrogen and oxygen atoms in total. The quantitative estimate of drug-likeness (QED) is 0.0841. The van der Waals surface area contributed by atoms with Gasteiger partial charge in [0, 0.05) is 0 Å². The first-order valence-corrected chi connectivity index (χ1v) is 32.6. The van der Waals surface area contributed by atoms with Gasteiger partial charge in [-0.15, -0.1) is 0 Å². The average molecular weight is 772 g/mol. The Kier molecular flexibility index (Phi) is 20.9. The van der Waals surface area contributed by atoms with Crippen molar-refractivity contribution in [2.75, 3.05) is 7.11 Å². The number of methoxy groups -OCH3 is 1. The summed E-state index contributed by atoms with van der Waals surface area (Å²) in [6, 6.07) is 10.1. The number of ether oxygens (including phenoxy) is 1. The third-order valence-corrected chi connectivity index (χ3v) is 65.9. The Bertz CT molecular complexity index is 694. The molecule has 1 N–H and O–H groups in total. The number of rotatable bonds is 24. The first-order valence-electron chi connectivity index (χ1n) is 17.2. The predicted molar refractivity (Wildman–Crippen MR) is 180 cm³/mol. The molecule has 0 spiro atoms. The van der Waals surface area contributed by atoms with Crippen LogP contribution in [0.4, 0.5) is 0 Å². The Morgan fingerprint density at radius 2 is 0.975 bits per heavy atom. The van der Waals surface area contributed by atoms with E-state index in [0.29, 0.717) is 1.95 Å². The molecule has 40 heavy (non-hydrogen) atoms. The van der Waals surface area contributed by atoms with Crippen LogP contribution < -0.4 is 0 Å². The minimum atomic E-state index is -3.04. The van der Waals surface area contributed by atoms with E-state index in [-0.39, 0.29) is 11.9 Å². The molecule has 0 aliphatic carbocycles. The molecule has 0 unspecified atom stereocenters. The van der Waals surface area contributed by atoms with Crippen molar-refractivity contribution in [3.05, 3.63) is 35.9 Å². The molecule has 0 aliphatic rings. The number of hydrogen-bond acceptors (Lipinski definition) is 3. The normalized spacial score (nSPS) is 13.9. The molecule has 0 bridgehead atoms. The molecule has 0 radical (unpaired) electrons. The molecule has 1 aromatic carbocycles. The Morgan fingerprint density at radius 3 is 1.25 bits per heavy atom. The number of carbonyl (C=O) groups is 1. The predicted octanol–water partition coefficient (Wildman–Crippen LogP) is 11.1. The third kappa shape index (κ3) is 11.4. The van der Waals surface area contributed by atoms with Crippen LogP contribution in [-0.4, -0.2) is 54.9 Å². The summed E-state index contributed by atoms with van der Waals surface area (Å²) >= 11 is -6.08. The van der Waals surface area contributed by atoms with Crippen LogP contribution in [0.15, 0.2) is 30.3 Å². The molecule has 232 valence electrons. The van der Waals surface area contributed by atoms with E-state index in [4.69, 9.17) is 4.74 Å². The summed E-state index contributed by atoms with van der Waals surface area (Å²) in [7, 11) is 1.58. The molecule has 0 fully saturated rings. The second-order valence-electron chi connectivity index (χ2n) is 12.7. The van der Waals surface area contributed by atoms with Crippen molar-refractivity contribution in [1.29, 1.82) is 0 Å². The molecular formula is C35H66O3Sn2. The fourth-order valence-corrected chi connectivity index (χ4v) is 86.8. The van der Waals surface area contributed by atoms with E-state index in [2.05, 4.69) is 41.5 Å². The fraction of sp³-hybridized carbons (Fsp3) is 0.800. The van der Waals surface area contributed by atoms with E-state index in [1.807, 2.05) is 30.3 Å². The van der Waals surface area contributed by atoms with Gasteiger partial charge in [0.25, 0.3) is 0 Å². The van der Waals surface area contributed by atoms with Crippen LogP contribution in [0.2, 0.25) is 28.6 Å². The molecule has 0 heterocycles. The SMILES string of the molecule is CCC[CH2][Sn]([CH2]CCC)([CH2]CCC)[CH]([C@@H](C(=O)OC)[C@@H](O)c1ccccc1)[Sn]([CH2]CCC)([CH2]CCC)[CH2]CCC. The van der Waals surface area contributed by atoms with Crippen LogP contribution in [0.1, 0.15) is 130 Å². The van der Waals surface area contributed by atoms with Crippen LogP contribution in [0.5, 0.6) is 0 Å². The molecule has 1 rings (SSSR count). The summed E-state index contributed by atoms with van der Waals surface area (Å²) in [5, 5.41) is 12.3. The van der Waals surface area contributed by atoms with E-state index in [1.54, 1.807) is 7.11 Å². The van der Waals surface area contributed by atoms with Gasteiger partial charge in [0.1, 0.15) is 0 Å². The van der Waals surface area contributed by atoms with Gasteiger partial charge < -0.3 is 0 Å². The van der Waals surface area contributed by atoms with Gasteiger partial charge in [-0.2, -0.15) is 0 Å². The minimum absolute atomic E-state index is 0.113. The summed E-state index contributed by atoms with van der Waals surface area (Å²) in [5.41, 5.74) is 0.909. The van der Waals surface area contributed by atoms with Crippen molar-refractivity contribution in [2.24, 2.45) is 5.92 Å². The van der Waals surface area contributed by atoms with Gasteiger partial charge in [-0.25, -0.2) is 0 Å². The molecule has 0 amide bonds. The van der Waals surface area contributed by atoms with Gasteiger partial charge in [0.2, 0.25) is 0 Å². The molecule has 0 saturated heterocycles. The summed E-state index contributed by atoms with van der Waals surface area (Å²) < 4.78 is 14.6. The van der Waals surface area contributed by atoms with Crippen molar-refractivity contribution in [3.63, 3.8) is 0 Å². The van der Waals surface area contributed by atoms with Crippen molar-refractivity contribution in [2.45, 2.75) is 153 Å².